The van der Waals surface area contributed by atoms with E-state index in [1.54, 1.807) is 7.11 Å². The van der Waals surface area contributed by atoms with E-state index < -0.39 is 0 Å². The average Bonchev–Trinajstić information content (AvgIpc) is 2.38. The van der Waals surface area contributed by atoms with Crippen LogP contribution in [-0.4, -0.2) is 23.8 Å². The van der Waals surface area contributed by atoms with Crippen LogP contribution in [0.25, 0.3) is 10.9 Å². The molecule has 0 atom stereocenters. The predicted molar refractivity (Wildman–Crippen MR) is 73.0 cm³/mol. The molecule has 96 valence electrons. The van der Waals surface area contributed by atoms with E-state index in [1.807, 2.05) is 18.2 Å². The lowest BCUT2D eigenvalue weighted by atomic mass is 10.0. The number of ether oxygens (including phenoxy) is 1. The van der Waals surface area contributed by atoms with Crippen LogP contribution in [0, 0.1) is 6.92 Å². The monoisotopic (exact) mass is 245 g/mol. The molecule has 0 unspecified atom stereocenters. The van der Waals surface area contributed by atoms with E-state index in [1.165, 1.54) is 0 Å². The van der Waals surface area contributed by atoms with E-state index in [2.05, 4.69) is 18.0 Å². The summed E-state index contributed by atoms with van der Waals surface area (Å²) in [7, 11) is 1.71. The van der Waals surface area contributed by atoms with Gasteiger partial charge < -0.3 is 9.84 Å². The minimum atomic E-state index is 0.170. The van der Waals surface area contributed by atoms with E-state index in [9.17, 15) is 5.11 Å². The summed E-state index contributed by atoms with van der Waals surface area (Å²) in [5.41, 5.74) is 2.95. The molecule has 1 N–H and O–H groups in total. The lowest BCUT2D eigenvalue weighted by Gasteiger charge is -2.10. The van der Waals surface area contributed by atoms with E-state index in [-0.39, 0.29) is 5.88 Å². The second-order valence-electron chi connectivity index (χ2n) is 4.51. The Morgan fingerprint density at radius 2 is 2.00 bits per heavy atom. The smallest absolute Gasteiger partial charge is 0.214 e. The third-order valence-corrected chi connectivity index (χ3v) is 3.28. The number of aromatic hydroxyl groups is 1. The van der Waals surface area contributed by atoms with Crippen molar-refractivity contribution in [2.75, 3.05) is 13.7 Å². The van der Waals surface area contributed by atoms with Gasteiger partial charge in [0.1, 0.15) is 0 Å². The Morgan fingerprint density at radius 3 is 2.78 bits per heavy atom. The van der Waals surface area contributed by atoms with Crippen molar-refractivity contribution in [1.82, 2.24) is 4.98 Å². The van der Waals surface area contributed by atoms with Crippen molar-refractivity contribution in [1.29, 1.82) is 0 Å². The number of aryl methyl sites for hydroxylation is 1. The molecule has 0 aliphatic rings. The van der Waals surface area contributed by atoms with E-state index >= 15 is 0 Å². The number of para-hydroxylation sites is 1. The molecule has 3 nitrogen and oxygen atoms in total. The molecule has 0 radical (unpaired) electrons. The van der Waals surface area contributed by atoms with Crippen LogP contribution in [-0.2, 0) is 11.2 Å². The summed E-state index contributed by atoms with van der Waals surface area (Å²) in [6.45, 7) is 2.82. The minimum Gasteiger partial charge on any atom is -0.493 e. The normalized spacial score (nSPS) is 11.0. The van der Waals surface area contributed by atoms with Crippen molar-refractivity contribution >= 4 is 10.9 Å². The molecular formula is C15H19NO2. The molecule has 1 aromatic heterocycles. The van der Waals surface area contributed by atoms with E-state index in [0.717, 1.165) is 47.9 Å². The molecule has 0 bridgehead atoms. The predicted octanol–water partition coefficient (Wildman–Crippen LogP) is 3.22. The van der Waals surface area contributed by atoms with E-state index in [4.69, 9.17) is 4.74 Å². The molecule has 0 spiro atoms. The van der Waals surface area contributed by atoms with Gasteiger partial charge in [-0.1, -0.05) is 18.2 Å². The fourth-order valence-corrected chi connectivity index (χ4v) is 2.25. The largest absolute Gasteiger partial charge is 0.493 e. The van der Waals surface area contributed by atoms with Gasteiger partial charge >= 0.3 is 0 Å². The molecule has 18 heavy (non-hydrogen) atoms. The van der Waals surface area contributed by atoms with Gasteiger partial charge in [-0.05, 0) is 37.8 Å². The molecule has 1 heterocycles. The second-order valence-corrected chi connectivity index (χ2v) is 4.51. The van der Waals surface area contributed by atoms with Crippen LogP contribution in [0.1, 0.15) is 24.0 Å². The molecule has 0 amide bonds. The molecule has 2 rings (SSSR count). The average molecular weight is 245 g/mol. The lowest BCUT2D eigenvalue weighted by molar-refractivity contribution is 0.193. The van der Waals surface area contributed by atoms with Crippen molar-refractivity contribution in [3.63, 3.8) is 0 Å². The number of pyridine rings is 1. The van der Waals surface area contributed by atoms with Gasteiger partial charge in [-0.25, -0.2) is 4.98 Å². The summed E-state index contributed by atoms with van der Waals surface area (Å²) < 4.78 is 5.03. The van der Waals surface area contributed by atoms with Gasteiger partial charge in [-0.2, -0.15) is 0 Å². The van der Waals surface area contributed by atoms with Gasteiger partial charge in [-0.3, -0.25) is 0 Å². The Bertz CT molecular complexity index is 537. The SMILES string of the molecule is COCCCCc1c(O)nc2ccccc2c1C. The molecular weight excluding hydrogens is 226 g/mol. The number of rotatable bonds is 5. The number of nitrogens with zero attached hydrogens (tertiary/aromatic N) is 1. The number of aromatic nitrogens is 1. The van der Waals surface area contributed by atoms with E-state index in [0.29, 0.717) is 0 Å². The summed E-state index contributed by atoms with van der Waals surface area (Å²) in [6.07, 6.45) is 2.85. The number of benzene rings is 1. The first-order valence-corrected chi connectivity index (χ1v) is 6.30. The standard InChI is InChI=1S/C15H19NO2/c1-11-12-7-3-4-9-14(12)16-15(17)13(11)8-5-6-10-18-2/h3-4,7,9H,5-6,8,10H2,1-2H3,(H,16,17). The molecule has 1 aromatic carbocycles. The third-order valence-electron chi connectivity index (χ3n) is 3.28. The lowest BCUT2D eigenvalue weighted by Crippen LogP contribution is -1.97. The highest BCUT2D eigenvalue weighted by atomic mass is 16.5. The maximum absolute atomic E-state index is 10.0. The summed E-state index contributed by atoms with van der Waals surface area (Å²) >= 11 is 0. The zero-order chi connectivity index (χ0) is 13.0. The first-order valence-electron chi connectivity index (χ1n) is 6.30. The summed E-state index contributed by atoms with van der Waals surface area (Å²) in [4.78, 5) is 4.26. The number of methoxy groups -OCH3 is 1. The molecule has 3 heteroatoms. The Kier molecular flexibility index (Phi) is 4.15. The number of hydrogen-bond donors (Lipinski definition) is 1. The summed E-state index contributed by atoms with van der Waals surface area (Å²) in [6, 6.07) is 7.92. The number of hydrogen-bond acceptors (Lipinski definition) is 3. The number of fused-ring (bicyclic) bond motifs is 1. The first-order chi connectivity index (χ1) is 8.74. The zero-order valence-electron chi connectivity index (χ0n) is 10.9. The molecule has 0 fully saturated rings. The Balaban J connectivity index is 2.27. The topological polar surface area (TPSA) is 42.4 Å². The van der Waals surface area contributed by atoms with Gasteiger partial charge in [0.2, 0.25) is 5.88 Å². The zero-order valence-corrected chi connectivity index (χ0v) is 10.9. The van der Waals surface area contributed by atoms with Gasteiger partial charge in [0.25, 0.3) is 0 Å². The quantitative estimate of drug-likeness (QED) is 0.822. The fraction of sp³-hybridized carbons (Fsp3) is 0.400. The molecule has 2 aromatic rings. The van der Waals surface area contributed by atoms with Crippen molar-refractivity contribution < 1.29 is 9.84 Å². The minimum absolute atomic E-state index is 0.170. The highest BCUT2D eigenvalue weighted by Crippen LogP contribution is 2.27. The van der Waals surface area contributed by atoms with Gasteiger partial charge in [0, 0.05) is 24.7 Å². The summed E-state index contributed by atoms with van der Waals surface area (Å²) in [5, 5.41) is 11.1. The van der Waals surface area contributed by atoms with Crippen molar-refractivity contribution in [3.8, 4) is 5.88 Å². The Morgan fingerprint density at radius 1 is 1.22 bits per heavy atom. The Hall–Kier alpha value is -1.61. The van der Waals surface area contributed by atoms with Crippen molar-refractivity contribution in [2.24, 2.45) is 0 Å². The van der Waals surface area contributed by atoms with Crippen molar-refractivity contribution in [2.45, 2.75) is 26.2 Å². The second kappa shape index (κ2) is 5.83. The van der Waals surface area contributed by atoms with Crippen LogP contribution < -0.4 is 0 Å². The summed E-state index contributed by atoms with van der Waals surface area (Å²) in [5.74, 6) is 0.170. The van der Waals surface area contributed by atoms with Gasteiger partial charge in [0.15, 0.2) is 0 Å². The molecule has 0 aliphatic carbocycles. The highest BCUT2D eigenvalue weighted by Gasteiger charge is 2.10. The first kappa shape index (κ1) is 12.8. The van der Waals surface area contributed by atoms with Crippen LogP contribution in [0.3, 0.4) is 0 Å². The van der Waals surface area contributed by atoms with Crippen LogP contribution >= 0.6 is 0 Å². The number of unbranched alkanes of at least 4 members (excludes halogenated alkanes) is 1. The molecule has 0 aliphatic heterocycles. The maximum Gasteiger partial charge on any atom is 0.214 e. The third kappa shape index (κ3) is 2.62. The highest BCUT2D eigenvalue weighted by molar-refractivity contribution is 5.83. The van der Waals surface area contributed by atoms with Crippen molar-refractivity contribution in [3.05, 3.63) is 35.4 Å². The van der Waals surface area contributed by atoms with Gasteiger partial charge in [-0.15, -0.1) is 0 Å². The van der Waals surface area contributed by atoms with Crippen LogP contribution in [0.2, 0.25) is 0 Å². The molecule has 0 saturated heterocycles. The van der Waals surface area contributed by atoms with Gasteiger partial charge in [0.05, 0.1) is 5.52 Å². The van der Waals surface area contributed by atoms with Crippen LogP contribution in [0.4, 0.5) is 0 Å². The van der Waals surface area contributed by atoms with Crippen LogP contribution in [0.5, 0.6) is 5.88 Å². The van der Waals surface area contributed by atoms with Crippen LogP contribution in [0.15, 0.2) is 24.3 Å². The fourth-order valence-electron chi connectivity index (χ4n) is 2.25. The Labute approximate surface area is 107 Å². The maximum atomic E-state index is 10.0. The molecule has 0 saturated carbocycles.